The highest BCUT2D eigenvalue weighted by atomic mass is 16.3. The minimum Gasteiger partial charge on any atom is -0.396 e. The van der Waals surface area contributed by atoms with Gasteiger partial charge in [-0.05, 0) is 44.6 Å². The van der Waals surface area contributed by atoms with Gasteiger partial charge in [0.15, 0.2) is 0 Å². The first-order valence-corrected chi connectivity index (χ1v) is 5.84. The standard InChI is InChI=1S/C11H21NO2/c13-8-9-3-2-6-12(7-9)10-4-1-5-11(10)14/h9-11,13-14H,1-8H2/t9?,10-,11-/m1/s1. The molecule has 2 aliphatic rings. The maximum atomic E-state index is 9.80. The summed E-state index contributed by atoms with van der Waals surface area (Å²) in [7, 11) is 0. The van der Waals surface area contributed by atoms with Crippen molar-refractivity contribution in [2.45, 2.75) is 44.2 Å². The lowest BCUT2D eigenvalue weighted by Gasteiger charge is -2.37. The van der Waals surface area contributed by atoms with E-state index in [1.165, 1.54) is 6.42 Å². The highest BCUT2D eigenvalue weighted by Gasteiger charge is 2.33. The second-order valence-electron chi connectivity index (χ2n) is 4.75. The van der Waals surface area contributed by atoms with Crippen LogP contribution in [0.3, 0.4) is 0 Å². The molecule has 1 aliphatic heterocycles. The fourth-order valence-electron chi connectivity index (χ4n) is 2.89. The number of likely N-dealkylation sites (tertiary alicyclic amines) is 1. The summed E-state index contributed by atoms with van der Waals surface area (Å²) < 4.78 is 0. The van der Waals surface area contributed by atoms with Gasteiger partial charge >= 0.3 is 0 Å². The van der Waals surface area contributed by atoms with Crippen molar-refractivity contribution in [1.82, 2.24) is 4.90 Å². The monoisotopic (exact) mass is 199 g/mol. The van der Waals surface area contributed by atoms with Crippen LogP contribution in [0.2, 0.25) is 0 Å². The molecule has 0 bridgehead atoms. The third-order valence-electron chi connectivity index (χ3n) is 3.72. The highest BCUT2D eigenvalue weighted by Crippen LogP contribution is 2.28. The predicted octanol–water partition coefficient (Wildman–Crippen LogP) is 0.604. The molecular weight excluding hydrogens is 178 g/mol. The Labute approximate surface area is 85.7 Å². The lowest BCUT2D eigenvalue weighted by Crippen LogP contribution is -2.46. The number of piperidine rings is 1. The highest BCUT2D eigenvalue weighted by molar-refractivity contribution is 4.87. The fourth-order valence-corrected chi connectivity index (χ4v) is 2.89. The second kappa shape index (κ2) is 4.60. The normalized spacial score (nSPS) is 40.3. The summed E-state index contributed by atoms with van der Waals surface area (Å²) in [6.07, 6.45) is 5.47. The molecule has 3 nitrogen and oxygen atoms in total. The smallest absolute Gasteiger partial charge is 0.0695 e. The fraction of sp³-hybridized carbons (Fsp3) is 1.00. The lowest BCUT2D eigenvalue weighted by atomic mass is 9.97. The van der Waals surface area contributed by atoms with Crippen molar-refractivity contribution in [2.24, 2.45) is 5.92 Å². The van der Waals surface area contributed by atoms with Gasteiger partial charge in [0, 0.05) is 19.2 Å². The van der Waals surface area contributed by atoms with Gasteiger partial charge in [-0.25, -0.2) is 0 Å². The number of aliphatic hydroxyl groups excluding tert-OH is 2. The van der Waals surface area contributed by atoms with E-state index in [0.717, 1.165) is 38.8 Å². The molecule has 1 aliphatic carbocycles. The summed E-state index contributed by atoms with van der Waals surface area (Å²) in [5.41, 5.74) is 0. The Kier molecular flexibility index (Phi) is 3.42. The van der Waals surface area contributed by atoms with E-state index in [1.807, 2.05) is 0 Å². The molecule has 2 fully saturated rings. The molecule has 2 N–H and O–H groups in total. The second-order valence-corrected chi connectivity index (χ2v) is 4.75. The van der Waals surface area contributed by atoms with Crippen molar-refractivity contribution in [3.8, 4) is 0 Å². The first-order valence-electron chi connectivity index (χ1n) is 5.84. The molecule has 3 atom stereocenters. The van der Waals surface area contributed by atoms with Crippen molar-refractivity contribution in [1.29, 1.82) is 0 Å². The molecule has 0 aromatic heterocycles. The van der Waals surface area contributed by atoms with Crippen LogP contribution < -0.4 is 0 Å². The van der Waals surface area contributed by atoms with Crippen molar-refractivity contribution in [3.05, 3.63) is 0 Å². The van der Waals surface area contributed by atoms with Crippen LogP contribution in [0, 0.1) is 5.92 Å². The largest absolute Gasteiger partial charge is 0.396 e. The quantitative estimate of drug-likeness (QED) is 0.684. The molecule has 0 radical (unpaired) electrons. The molecule has 0 aromatic carbocycles. The Morgan fingerprint density at radius 1 is 1.14 bits per heavy atom. The molecule has 1 saturated heterocycles. The van der Waals surface area contributed by atoms with E-state index in [2.05, 4.69) is 4.90 Å². The van der Waals surface area contributed by atoms with Crippen molar-refractivity contribution < 1.29 is 10.2 Å². The zero-order valence-corrected chi connectivity index (χ0v) is 8.73. The van der Waals surface area contributed by atoms with Gasteiger partial charge in [-0.1, -0.05) is 0 Å². The maximum Gasteiger partial charge on any atom is 0.0695 e. The molecule has 3 heteroatoms. The van der Waals surface area contributed by atoms with Crippen molar-refractivity contribution in [2.75, 3.05) is 19.7 Å². The van der Waals surface area contributed by atoms with Gasteiger partial charge in [-0.2, -0.15) is 0 Å². The number of rotatable bonds is 2. The Balaban J connectivity index is 1.90. The van der Waals surface area contributed by atoms with Crippen LogP contribution >= 0.6 is 0 Å². The molecule has 14 heavy (non-hydrogen) atoms. The van der Waals surface area contributed by atoms with Crippen LogP contribution in [0.1, 0.15) is 32.1 Å². The van der Waals surface area contributed by atoms with Crippen LogP contribution in [0.25, 0.3) is 0 Å². The zero-order valence-electron chi connectivity index (χ0n) is 8.73. The topological polar surface area (TPSA) is 43.7 Å². The third-order valence-corrected chi connectivity index (χ3v) is 3.72. The Morgan fingerprint density at radius 3 is 2.64 bits per heavy atom. The van der Waals surface area contributed by atoms with E-state index in [0.29, 0.717) is 18.6 Å². The SMILES string of the molecule is OCC1CCCN([C@@H]2CCC[C@H]2O)C1. The van der Waals surface area contributed by atoms with E-state index in [-0.39, 0.29) is 6.10 Å². The van der Waals surface area contributed by atoms with Crippen LogP contribution in [0.15, 0.2) is 0 Å². The maximum absolute atomic E-state index is 9.80. The van der Waals surface area contributed by atoms with Gasteiger partial charge < -0.3 is 10.2 Å². The molecule has 1 saturated carbocycles. The summed E-state index contributed by atoms with van der Waals surface area (Å²) in [6.45, 7) is 2.40. The van der Waals surface area contributed by atoms with Gasteiger partial charge in [-0.3, -0.25) is 4.90 Å². The Bertz CT molecular complexity index is 186. The zero-order chi connectivity index (χ0) is 9.97. The molecule has 1 heterocycles. The van der Waals surface area contributed by atoms with E-state index >= 15 is 0 Å². The summed E-state index contributed by atoms with van der Waals surface area (Å²) in [5.74, 6) is 0.441. The van der Waals surface area contributed by atoms with Crippen LogP contribution in [0.4, 0.5) is 0 Å². The summed E-state index contributed by atoms with van der Waals surface area (Å²) in [4.78, 5) is 2.39. The molecule has 0 amide bonds. The Morgan fingerprint density at radius 2 is 2.00 bits per heavy atom. The van der Waals surface area contributed by atoms with E-state index in [4.69, 9.17) is 5.11 Å². The molecule has 2 rings (SSSR count). The number of hydrogen-bond acceptors (Lipinski definition) is 3. The average Bonchev–Trinajstić information content (AvgIpc) is 2.65. The first-order chi connectivity index (χ1) is 6.81. The number of aliphatic hydroxyl groups is 2. The van der Waals surface area contributed by atoms with Crippen molar-refractivity contribution >= 4 is 0 Å². The summed E-state index contributed by atoms with van der Waals surface area (Å²) in [5, 5.41) is 18.9. The van der Waals surface area contributed by atoms with Gasteiger partial charge in [0.05, 0.1) is 6.10 Å². The van der Waals surface area contributed by atoms with E-state index < -0.39 is 0 Å². The molecule has 0 aromatic rings. The van der Waals surface area contributed by atoms with Crippen LogP contribution in [-0.2, 0) is 0 Å². The number of hydrogen-bond donors (Lipinski definition) is 2. The average molecular weight is 199 g/mol. The lowest BCUT2D eigenvalue weighted by molar-refractivity contribution is 0.0315. The van der Waals surface area contributed by atoms with Gasteiger partial charge in [0.2, 0.25) is 0 Å². The third kappa shape index (κ3) is 2.10. The molecule has 82 valence electrons. The summed E-state index contributed by atoms with van der Waals surface area (Å²) >= 11 is 0. The van der Waals surface area contributed by atoms with E-state index in [9.17, 15) is 5.11 Å². The van der Waals surface area contributed by atoms with E-state index in [1.54, 1.807) is 0 Å². The van der Waals surface area contributed by atoms with Crippen molar-refractivity contribution in [3.63, 3.8) is 0 Å². The predicted molar refractivity (Wildman–Crippen MR) is 55.0 cm³/mol. The number of nitrogens with zero attached hydrogens (tertiary/aromatic N) is 1. The minimum absolute atomic E-state index is 0.118. The molecule has 0 spiro atoms. The van der Waals surface area contributed by atoms with Gasteiger partial charge in [0.25, 0.3) is 0 Å². The van der Waals surface area contributed by atoms with Crippen LogP contribution in [0.5, 0.6) is 0 Å². The minimum atomic E-state index is -0.118. The molecular formula is C11H21NO2. The van der Waals surface area contributed by atoms with Crippen LogP contribution in [-0.4, -0.2) is 47.0 Å². The molecule has 1 unspecified atom stereocenters. The Hall–Kier alpha value is -0.120. The van der Waals surface area contributed by atoms with Gasteiger partial charge in [0.1, 0.15) is 0 Å². The first kappa shape index (κ1) is 10.4. The summed E-state index contributed by atoms with van der Waals surface area (Å²) in [6, 6.07) is 0.379. The van der Waals surface area contributed by atoms with Gasteiger partial charge in [-0.15, -0.1) is 0 Å².